The van der Waals surface area contributed by atoms with Gasteiger partial charge in [-0.05, 0) is 43.0 Å². The van der Waals surface area contributed by atoms with Crippen LogP contribution in [-0.2, 0) is 13.0 Å². The van der Waals surface area contributed by atoms with Crippen LogP contribution in [0, 0.1) is 13.8 Å². The van der Waals surface area contributed by atoms with Crippen molar-refractivity contribution in [2.24, 2.45) is 0 Å². The standard InChI is InChI=1S/C23H24N2O2/c1-17-15-18(2)25(16-20-11-7-4-8-12-20)23(27)21(17)22(26)24-14-13-19-9-5-3-6-10-19/h3-12,15H,13-14,16H2,1-2H3,(H,24,26). The van der Waals surface area contributed by atoms with Crippen LogP contribution in [-0.4, -0.2) is 17.0 Å². The van der Waals surface area contributed by atoms with Gasteiger partial charge in [0, 0.05) is 12.2 Å². The van der Waals surface area contributed by atoms with Crippen molar-refractivity contribution >= 4 is 5.91 Å². The van der Waals surface area contributed by atoms with Crippen LogP contribution >= 0.6 is 0 Å². The molecule has 0 saturated carbocycles. The Kier molecular flexibility index (Phi) is 5.87. The summed E-state index contributed by atoms with van der Waals surface area (Å²) in [5, 5.41) is 2.89. The fourth-order valence-corrected chi connectivity index (χ4v) is 3.22. The molecule has 0 fully saturated rings. The Morgan fingerprint density at radius 3 is 2.15 bits per heavy atom. The first-order valence-electron chi connectivity index (χ1n) is 9.13. The van der Waals surface area contributed by atoms with Crippen LogP contribution in [0.2, 0.25) is 0 Å². The van der Waals surface area contributed by atoms with E-state index in [1.54, 1.807) is 4.57 Å². The number of hydrogen-bond acceptors (Lipinski definition) is 2. The Bertz CT molecular complexity index is 977. The summed E-state index contributed by atoms with van der Waals surface area (Å²) in [5.74, 6) is -0.310. The average molecular weight is 360 g/mol. The maximum Gasteiger partial charge on any atom is 0.264 e. The Morgan fingerprint density at radius 1 is 0.926 bits per heavy atom. The fraction of sp³-hybridized carbons (Fsp3) is 0.217. The lowest BCUT2D eigenvalue weighted by Crippen LogP contribution is -2.36. The van der Waals surface area contributed by atoms with E-state index in [9.17, 15) is 9.59 Å². The molecule has 0 aliphatic heterocycles. The highest BCUT2D eigenvalue weighted by atomic mass is 16.2. The summed E-state index contributed by atoms with van der Waals surface area (Å²) in [5.41, 5.74) is 3.72. The highest BCUT2D eigenvalue weighted by Gasteiger charge is 2.17. The van der Waals surface area contributed by atoms with Gasteiger partial charge in [-0.2, -0.15) is 0 Å². The molecule has 0 atom stereocenters. The molecule has 1 heterocycles. The minimum Gasteiger partial charge on any atom is -0.352 e. The van der Waals surface area contributed by atoms with Gasteiger partial charge in [-0.3, -0.25) is 9.59 Å². The van der Waals surface area contributed by atoms with Crippen LogP contribution < -0.4 is 10.9 Å². The summed E-state index contributed by atoms with van der Waals surface area (Å²) in [6, 6.07) is 21.7. The van der Waals surface area contributed by atoms with Crippen molar-refractivity contribution in [3.63, 3.8) is 0 Å². The summed E-state index contributed by atoms with van der Waals surface area (Å²) in [6.07, 6.45) is 0.732. The van der Waals surface area contributed by atoms with E-state index >= 15 is 0 Å². The number of nitrogens with zero attached hydrogens (tertiary/aromatic N) is 1. The quantitative estimate of drug-likeness (QED) is 0.732. The van der Waals surface area contributed by atoms with Crippen molar-refractivity contribution < 1.29 is 4.79 Å². The minimum atomic E-state index is -0.310. The molecule has 0 radical (unpaired) electrons. The van der Waals surface area contributed by atoms with Gasteiger partial charge in [0.25, 0.3) is 11.5 Å². The van der Waals surface area contributed by atoms with Crippen LogP contribution in [0.25, 0.3) is 0 Å². The van der Waals surface area contributed by atoms with Gasteiger partial charge in [-0.15, -0.1) is 0 Å². The summed E-state index contributed by atoms with van der Waals surface area (Å²) in [4.78, 5) is 25.7. The summed E-state index contributed by atoms with van der Waals surface area (Å²) in [6.45, 7) is 4.66. The first-order chi connectivity index (χ1) is 13.1. The molecule has 0 aliphatic rings. The van der Waals surface area contributed by atoms with Gasteiger partial charge in [0.1, 0.15) is 5.56 Å². The Balaban J connectivity index is 1.79. The predicted molar refractivity (Wildman–Crippen MR) is 108 cm³/mol. The zero-order valence-corrected chi connectivity index (χ0v) is 15.7. The monoisotopic (exact) mass is 360 g/mol. The van der Waals surface area contributed by atoms with Gasteiger partial charge in [0.05, 0.1) is 6.54 Å². The van der Waals surface area contributed by atoms with Crippen LogP contribution in [0.3, 0.4) is 0 Å². The highest BCUT2D eigenvalue weighted by molar-refractivity contribution is 5.95. The number of carbonyl (C=O) groups excluding carboxylic acids is 1. The third-order valence-electron chi connectivity index (χ3n) is 4.66. The predicted octanol–water partition coefficient (Wildman–Crippen LogP) is 3.49. The minimum absolute atomic E-state index is 0.226. The van der Waals surface area contributed by atoms with Crippen molar-refractivity contribution in [1.82, 2.24) is 9.88 Å². The summed E-state index contributed by atoms with van der Waals surface area (Å²) < 4.78 is 1.66. The molecule has 138 valence electrons. The molecule has 4 heteroatoms. The topological polar surface area (TPSA) is 51.1 Å². The molecule has 3 aromatic rings. The van der Waals surface area contributed by atoms with Crippen molar-refractivity contribution in [2.75, 3.05) is 6.54 Å². The second-order valence-corrected chi connectivity index (χ2v) is 6.71. The Labute approximate surface area is 159 Å². The van der Waals surface area contributed by atoms with E-state index in [4.69, 9.17) is 0 Å². The molecule has 4 nitrogen and oxygen atoms in total. The first kappa shape index (κ1) is 18.6. The molecule has 0 unspecified atom stereocenters. The van der Waals surface area contributed by atoms with Gasteiger partial charge < -0.3 is 9.88 Å². The first-order valence-corrected chi connectivity index (χ1v) is 9.13. The summed E-state index contributed by atoms with van der Waals surface area (Å²) in [7, 11) is 0. The maximum atomic E-state index is 13.0. The molecular weight excluding hydrogens is 336 g/mol. The molecule has 1 aromatic heterocycles. The number of benzene rings is 2. The highest BCUT2D eigenvalue weighted by Crippen LogP contribution is 2.09. The molecular formula is C23H24N2O2. The Morgan fingerprint density at radius 2 is 1.52 bits per heavy atom. The number of pyridine rings is 1. The molecule has 2 aromatic carbocycles. The summed E-state index contributed by atoms with van der Waals surface area (Å²) >= 11 is 0. The lowest BCUT2D eigenvalue weighted by atomic mass is 10.1. The molecule has 0 aliphatic carbocycles. The van der Waals surface area contributed by atoms with Gasteiger partial charge >= 0.3 is 0 Å². The van der Waals surface area contributed by atoms with E-state index in [1.165, 1.54) is 0 Å². The van der Waals surface area contributed by atoms with E-state index in [1.807, 2.05) is 80.6 Å². The third kappa shape index (κ3) is 4.53. The second-order valence-electron chi connectivity index (χ2n) is 6.71. The number of hydrogen-bond donors (Lipinski definition) is 1. The number of amides is 1. The third-order valence-corrected chi connectivity index (χ3v) is 4.66. The number of nitrogens with one attached hydrogen (secondary N) is 1. The molecule has 27 heavy (non-hydrogen) atoms. The fourth-order valence-electron chi connectivity index (χ4n) is 3.22. The van der Waals surface area contributed by atoms with Crippen molar-refractivity contribution in [3.05, 3.63) is 105 Å². The molecule has 1 amide bonds. The van der Waals surface area contributed by atoms with Gasteiger partial charge in [-0.25, -0.2) is 0 Å². The number of rotatable bonds is 6. The van der Waals surface area contributed by atoms with Crippen LogP contribution in [0.4, 0.5) is 0 Å². The van der Waals surface area contributed by atoms with Crippen LogP contribution in [0.15, 0.2) is 71.5 Å². The lowest BCUT2D eigenvalue weighted by molar-refractivity contribution is 0.0951. The van der Waals surface area contributed by atoms with Crippen molar-refractivity contribution in [1.29, 1.82) is 0 Å². The molecule has 0 bridgehead atoms. The maximum absolute atomic E-state index is 13.0. The normalized spacial score (nSPS) is 10.6. The Hall–Kier alpha value is -3.14. The number of aromatic nitrogens is 1. The van der Waals surface area contributed by atoms with Gasteiger partial charge in [-0.1, -0.05) is 60.7 Å². The van der Waals surface area contributed by atoms with E-state index in [0.29, 0.717) is 18.7 Å². The van der Waals surface area contributed by atoms with Crippen LogP contribution in [0.1, 0.15) is 32.7 Å². The second kappa shape index (κ2) is 8.49. The largest absolute Gasteiger partial charge is 0.352 e. The van der Waals surface area contributed by atoms with E-state index in [-0.39, 0.29) is 17.0 Å². The van der Waals surface area contributed by atoms with E-state index in [2.05, 4.69) is 5.32 Å². The molecule has 0 saturated heterocycles. The molecule has 0 spiro atoms. The van der Waals surface area contributed by atoms with Gasteiger partial charge in [0.15, 0.2) is 0 Å². The van der Waals surface area contributed by atoms with E-state index < -0.39 is 0 Å². The number of carbonyl (C=O) groups is 1. The molecule has 3 rings (SSSR count). The lowest BCUT2D eigenvalue weighted by Gasteiger charge is -2.15. The zero-order valence-electron chi connectivity index (χ0n) is 15.7. The van der Waals surface area contributed by atoms with Crippen molar-refractivity contribution in [3.8, 4) is 0 Å². The average Bonchev–Trinajstić information content (AvgIpc) is 2.67. The zero-order chi connectivity index (χ0) is 19.2. The SMILES string of the molecule is Cc1cc(C)n(Cc2ccccc2)c(=O)c1C(=O)NCCc1ccccc1. The number of aryl methyl sites for hydroxylation is 2. The van der Waals surface area contributed by atoms with Crippen LogP contribution in [0.5, 0.6) is 0 Å². The van der Waals surface area contributed by atoms with E-state index in [0.717, 1.165) is 23.2 Å². The smallest absolute Gasteiger partial charge is 0.264 e. The van der Waals surface area contributed by atoms with Crippen molar-refractivity contribution in [2.45, 2.75) is 26.8 Å². The van der Waals surface area contributed by atoms with Gasteiger partial charge in [0.2, 0.25) is 0 Å². The molecule has 1 N–H and O–H groups in total.